The highest BCUT2D eigenvalue weighted by Gasteiger charge is 2.30. The molecule has 1 fully saturated rings. The average Bonchev–Trinajstić information content (AvgIpc) is 3.36. The van der Waals surface area contributed by atoms with Crippen molar-refractivity contribution >= 4 is 23.9 Å². The molecule has 0 aliphatic heterocycles. The fourth-order valence-electron chi connectivity index (χ4n) is 2.30. The summed E-state index contributed by atoms with van der Waals surface area (Å²) < 4.78 is 0. The molecule has 0 bridgehead atoms. The average molecular weight is 330 g/mol. The summed E-state index contributed by atoms with van der Waals surface area (Å²) in [6.45, 7) is 2.11. The summed E-state index contributed by atoms with van der Waals surface area (Å²) >= 11 is 0. The zero-order valence-electron chi connectivity index (χ0n) is 13.6. The van der Waals surface area contributed by atoms with Gasteiger partial charge in [0.25, 0.3) is 0 Å². The van der Waals surface area contributed by atoms with E-state index in [2.05, 4.69) is 10.6 Å². The molecule has 1 aliphatic rings. The van der Waals surface area contributed by atoms with Gasteiger partial charge < -0.3 is 15.7 Å². The smallest absolute Gasteiger partial charge is 0.336 e. The highest BCUT2D eigenvalue weighted by Crippen LogP contribution is 2.28. The summed E-state index contributed by atoms with van der Waals surface area (Å²) in [5.74, 6) is -0.984. The van der Waals surface area contributed by atoms with Crippen molar-refractivity contribution in [2.45, 2.75) is 32.2 Å². The first-order valence-corrected chi connectivity index (χ1v) is 8.03. The second-order valence-corrected chi connectivity index (χ2v) is 5.99. The minimum Gasteiger partial charge on any atom is -0.478 e. The van der Waals surface area contributed by atoms with E-state index in [0.717, 1.165) is 12.8 Å². The summed E-state index contributed by atoms with van der Waals surface area (Å²) in [6.07, 6.45) is 5.47. The van der Waals surface area contributed by atoms with E-state index in [1.165, 1.54) is 6.07 Å². The van der Waals surface area contributed by atoms with Gasteiger partial charge in [-0.15, -0.1) is 0 Å². The van der Waals surface area contributed by atoms with Gasteiger partial charge in [-0.1, -0.05) is 30.4 Å². The Balaban J connectivity index is 1.74. The maximum atomic E-state index is 11.8. The molecule has 0 spiro atoms. The quantitative estimate of drug-likeness (QED) is 0.677. The topological polar surface area (TPSA) is 95.5 Å². The Morgan fingerprint density at radius 1 is 1.29 bits per heavy atom. The number of benzene rings is 1. The van der Waals surface area contributed by atoms with Gasteiger partial charge in [0, 0.05) is 24.9 Å². The first-order chi connectivity index (χ1) is 11.5. The van der Waals surface area contributed by atoms with E-state index in [1.807, 2.05) is 0 Å². The number of hydrogen-bond acceptors (Lipinski definition) is 3. The lowest BCUT2D eigenvalue weighted by Crippen LogP contribution is -2.38. The summed E-state index contributed by atoms with van der Waals surface area (Å²) in [6, 6.07) is 6.46. The van der Waals surface area contributed by atoms with Crippen molar-refractivity contribution in [2.75, 3.05) is 6.54 Å². The molecular weight excluding hydrogens is 308 g/mol. The first-order valence-electron chi connectivity index (χ1n) is 8.03. The van der Waals surface area contributed by atoms with Gasteiger partial charge in [-0.05, 0) is 31.4 Å². The van der Waals surface area contributed by atoms with Gasteiger partial charge in [0.15, 0.2) is 0 Å². The van der Waals surface area contributed by atoms with Crippen LogP contribution in [0.25, 0.3) is 6.08 Å². The van der Waals surface area contributed by atoms with Crippen LogP contribution in [0.3, 0.4) is 0 Å². The largest absolute Gasteiger partial charge is 0.478 e. The fraction of sp³-hybridized carbons (Fsp3) is 0.389. The number of rotatable bonds is 8. The molecule has 0 radical (unpaired) electrons. The van der Waals surface area contributed by atoms with E-state index in [9.17, 15) is 14.4 Å². The molecule has 3 N–H and O–H groups in total. The molecule has 0 saturated heterocycles. The van der Waals surface area contributed by atoms with Crippen LogP contribution in [0.1, 0.15) is 42.1 Å². The van der Waals surface area contributed by atoms with Gasteiger partial charge in [0.1, 0.15) is 0 Å². The highest BCUT2D eigenvalue weighted by atomic mass is 16.4. The molecule has 1 atom stereocenters. The van der Waals surface area contributed by atoms with Crippen LogP contribution in [0.5, 0.6) is 0 Å². The number of carbonyl (C=O) groups is 3. The summed E-state index contributed by atoms with van der Waals surface area (Å²) in [4.78, 5) is 34.5. The van der Waals surface area contributed by atoms with E-state index in [4.69, 9.17) is 5.11 Å². The van der Waals surface area contributed by atoms with Gasteiger partial charge in [-0.2, -0.15) is 0 Å². The summed E-state index contributed by atoms with van der Waals surface area (Å²) in [7, 11) is 0. The van der Waals surface area contributed by atoms with Crippen LogP contribution in [0.2, 0.25) is 0 Å². The third kappa shape index (κ3) is 5.53. The number of carbonyl (C=O) groups excluding carboxylic acids is 2. The minimum atomic E-state index is -0.987. The van der Waals surface area contributed by atoms with Crippen LogP contribution in [0.4, 0.5) is 0 Å². The van der Waals surface area contributed by atoms with Crippen LogP contribution >= 0.6 is 0 Å². The first kappa shape index (κ1) is 17.7. The van der Waals surface area contributed by atoms with E-state index in [-0.39, 0.29) is 35.8 Å². The van der Waals surface area contributed by atoms with Crippen molar-refractivity contribution in [3.63, 3.8) is 0 Å². The SMILES string of the molecule is CC(CC(=O)NCC=Cc1ccccc1C(=O)O)NC(=O)C1CC1. The van der Waals surface area contributed by atoms with E-state index < -0.39 is 5.97 Å². The van der Waals surface area contributed by atoms with Gasteiger partial charge in [0.2, 0.25) is 11.8 Å². The zero-order valence-corrected chi connectivity index (χ0v) is 13.6. The standard InChI is InChI=1S/C18H22N2O4/c1-12(20-17(22)14-8-9-14)11-16(21)19-10-4-6-13-5-2-3-7-15(13)18(23)24/h2-7,12,14H,8-11H2,1H3,(H,19,21)(H,20,22)(H,23,24). The predicted molar refractivity (Wildman–Crippen MR) is 90.4 cm³/mol. The van der Waals surface area contributed by atoms with Crippen molar-refractivity contribution in [3.05, 3.63) is 41.5 Å². The molecule has 1 saturated carbocycles. The molecule has 0 aromatic heterocycles. The van der Waals surface area contributed by atoms with Crippen molar-refractivity contribution in [3.8, 4) is 0 Å². The van der Waals surface area contributed by atoms with E-state index in [1.54, 1.807) is 37.3 Å². The van der Waals surface area contributed by atoms with Gasteiger partial charge >= 0.3 is 5.97 Å². The lowest BCUT2D eigenvalue weighted by molar-refractivity contribution is -0.124. The van der Waals surface area contributed by atoms with Crippen LogP contribution in [0.15, 0.2) is 30.3 Å². The summed E-state index contributed by atoms with van der Waals surface area (Å²) in [5.41, 5.74) is 0.806. The van der Waals surface area contributed by atoms with Crippen molar-refractivity contribution in [1.29, 1.82) is 0 Å². The van der Waals surface area contributed by atoms with Crippen LogP contribution in [-0.4, -0.2) is 35.5 Å². The second kappa shape index (κ2) is 8.29. The number of hydrogen-bond donors (Lipinski definition) is 3. The van der Waals surface area contributed by atoms with Crippen LogP contribution in [0, 0.1) is 5.92 Å². The Bertz CT molecular complexity index is 650. The van der Waals surface area contributed by atoms with Gasteiger partial charge in [0.05, 0.1) is 5.56 Å². The molecule has 0 heterocycles. The normalized spacial score (nSPS) is 15.0. The number of nitrogens with one attached hydrogen (secondary N) is 2. The lowest BCUT2D eigenvalue weighted by atomic mass is 10.1. The van der Waals surface area contributed by atoms with Crippen LogP contribution < -0.4 is 10.6 Å². The van der Waals surface area contributed by atoms with Crippen molar-refractivity contribution < 1.29 is 19.5 Å². The van der Waals surface area contributed by atoms with Crippen molar-refractivity contribution in [2.24, 2.45) is 5.92 Å². The third-order valence-electron chi connectivity index (χ3n) is 3.73. The maximum absolute atomic E-state index is 11.8. The number of amides is 2. The molecule has 1 aromatic rings. The Morgan fingerprint density at radius 2 is 2.00 bits per heavy atom. The number of aromatic carboxylic acids is 1. The molecule has 128 valence electrons. The summed E-state index contributed by atoms with van der Waals surface area (Å²) in [5, 5.41) is 14.6. The predicted octanol–water partition coefficient (Wildman–Crippen LogP) is 1.82. The molecule has 6 nitrogen and oxygen atoms in total. The fourth-order valence-corrected chi connectivity index (χ4v) is 2.30. The Labute approximate surface area is 140 Å². The molecule has 1 unspecified atom stereocenters. The van der Waals surface area contributed by atoms with Crippen LogP contribution in [-0.2, 0) is 9.59 Å². The zero-order chi connectivity index (χ0) is 17.5. The number of carboxylic acid groups (broad SMARTS) is 1. The maximum Gasteiger partial charge on any atom is 0.336 e. The Hall–Kier alpha value is -2.63. The molecule has 1 aliphatic carbocycles. The molecule has 1 aromatic carbocycles. The monoisotopic (exact) mass is 330 g/mol. The molecule has 2 amide bonds. The Kier molecular flexibility index (Phi) is 6.12. The molecule has 2 rings (SSSR count). The Morgan fingerprint density at radius 3 is 2.67 bits per heavy atom. The van der Waals surface area contributed by atoms with E-state index in [0.29, 0.717) is 12.1 Å². The molecule has 24 heavy (non-hydrogen) atoms. The minimum absolute atomic E-state index is 0.0282. The van der Waals surface area contributed by atoms with E-state index >= 15 is 0 Å². The molecule has 6 heteroatoms. The molecular formula is C18H22N2O4. The lowest BCUT2D eigenvalue weighted by Gasteiger charge is -2.13. The number of carboxylic acids is 1. The van der Waals surface area contributed by atoms with Gasteiger partial charge in [-0.25, -0.2) is 4.79 Å². The van der Waals surface area contributed by atoms with Crippen molar-refractivity contribution in [1.82, 2.24) is 10.6 Å². The third-order valence-corrected chi connectivity index (χ3v) is 3.73. The van der Waals surface area contributed by atoms with Gasteiger partial charge in [-0.3, -0.25) is 9.59 Å². The second-order valence-electron chi connectivity index (χ2n) is 5.99. The highest BCUT2D eigenvalue weighted by molar-refractivity contribution is 5.92.